The molecule has 0 heterocycles. The second-order valence-electron chi connectivity index (χ2n) is 3.17. The van der Waals surface area contributed by atoms with Crippen LogP contribution in [0.3, 0.4) is 0 Å². The maximum atomic E-state index is 3.44. The van der Waals surface area contributed by atoms with Gasteiger partial charge in [-0.3, -0.25) is 0 Å². The Labute approximate surface area is 78.8 Å². The standard InChI is InChI=1S/C12H13N/c1-3-7-11(8-4-1)13-12-9-5-2-6-10-12/h1-9,12-13H,10H2. The van der Waals surface area contributed by atoms with E-state index >= 15 is 0 Å². The molecule has 1 aromatic carbocycles. The van der Waals surface area contributed by atoms with Crippen molar-refractivity contribution in [1.29, 1.82) is 0 Å². The fourth-order valence-electron chi connectivity index (χ4n) is 1.44. The largest absolute Gasteiger partial charge is 0.379 e. The molecule has 13 heavy (non-hydrogen) atoms. The molecule has 1 aliphatic carbocycles. The number of hydrogen-bond acceptors (Lipinski definition) is 1. The quantitative estimate of drug-likeness (QED) is 0.721. The van der Waals surface area contributed by atoms with Crippen LogP contribution in [-0.4, -0.2) is 6.04 Å². The average molecular weight is 171 g/mol. The topological polar surface area (TPSA) is 12.0 Å². The Balaban J connectivity index is 1.99. The SMILES string of the molecule is C1=CCC(Nc2ccccc2)C=C1. The summed E-state index contributed by atoms with van der Waals surface area (Å²) >= 11 is 0. The van der Waals surface area contributed by atoms with Gasteiger partial charge in [0, 0.05) is 11.7 Å². The molecule has 0 aromatic heterocycles. The number of rotatable bonds is 2. The Morgan fingerprint density at radius 3 is 2.62 bits per heavy atom. The van der Waals surface area contributed by atoms with E-state index in [9.17, 15) is 0 Å². The van der Waals surface area contributed by atoms with Crippen molar-refractivity contribution in [3.63, 3.8) is 0 Å². The van der Waals surface area contributed by atoms with E-state index in [4.69, 9.17) is 0 Å². The molecule has 0 radical (unpaired) electrons. The van der Waals surface area contributed by atoms with Crippen molar-refractivity contribution in [1.82, 2.24) is 0 Å². The molecule has 0 amide bonds. The van der Waals surface area contributed by atoms with Crippen molar-refractivity contribution >= 4 is 5.69 Å². The molecule has 0 fully saturated rings. The van der Waals surface area contributed by atoms with Crippen molar-refractivity contribution < 1.29 is 0 Å². The molecule has 1 heteroatoms. The summed E-state index contributed by atoms with van der Waals surface area (Å²) in [7, 11) is 0. The normalized spacial score (nSPS) is 20.2. The highest BCUT2D eigenvalue weighted by molar-refractivity contribution is 5.45. The fraction of sp³-hybridized carbons (Fsp3) is 0.167. The Kier molecular flexibility index (Phi) is 2.46. The van der Waals surface area contributed by atoms with Gasteiger partial charge in [-0.05, 0) is 18.6 Å². The summed E-state index contributed by atoms with van der Waals surface area (Å²) in [5.41, 5.74) is 1.19. The van der Waals surface area contributed by atoms with E-state index < -0.39 is 0 Å². The predicted octanol–water partition coefficient (Wildman–Crippen LogP) is 2.98. The second-order valence-corrected chi connectivity index (χ2v) is 3.17. The summed E-state index contributed by atoms with van der Waals surface area (Å²) in [4.78, 5) is 0. The van der Waals surface area contributed by atoms with E-state index in [-0.39, 0.29) is 0 Å². The molecule has 1 atom stereocenters. The van der Waals surface area contributed by atoms with Crippen LogP contribution in [0.1, 0.15) is 6.42 Å². The van der Waals surface area contributed by atoms with Gasteiger partial charge in [0.25, 0.3) is 0 Å². The summed E-state index contributed by atoms with van der Waals surface area (Å²) in [6, 6.07) is 10.8. The lowest BCUT2D eigenvalue weighted by Crippen LogP contribution is -2.16. The van der Waals surface area contributed by atoms with Crippen molar-refractivity contribution in [2.45, 2.75) is 12.5 Å². The van der Waals surface area contributed by atoms with Crippen LogP contribution < -0.4 is 5.32 Å². The van der Waals surface area contributed by atoms with Crippen LogP contribution in [-0.2, 0) is 0 Å². The van der Waals surface area contributed by atoms with Crippen LogP contribution in [0.25, 0.3) is 0 Å². The van der Waals surface area contributed by atoms with Gasteiger partial charge in [0.15, 0.2) is 0 Å². The molecule has 0 aliphatic heterocycles. The summed E-state index contributed by atoms with van der Waals surface area (Å²) in [5, 5.41) is 3.44. The Morgan fingerprint density at radius 2 is 1.92 bits per heavy atom. The lowest BCUT2D eigenvalue weighted by atomic mass is 10.1. The van der Waals surface area contributed by atoms with Crippen LogP contribution in [0.4, 0.5) is 5.69 Å². The number of anilines is 1. The summed E-state index contributed by atoms with van der Waals surface area (Å²) < 4.78 is 0. The first-order valence-electron chi connectivity index (χ1n) is 4.60. The van der Waals surface area contributed by atoms with Crippen molar-refractivity contribution in [3.8, 4) is 0 Å². The molecule has 1 N–H and O–H groups in total. The summed E-state index contributed by atoms with van der Waals surface area (Å²) in [6.45, 7) is 0. The van der Waals surface area contributed by atoms with Crippen LogP contribution in [0.2, 0.25) is 0 Å². The van der Waals surface area contributed by atoms with E-state index in [1.54, 1.807) is 0 Å². The molecule has 0 saturated heterocycles. The zero-order chi connectivity index (χ0) is 8.93. The van der Waals surface area contributed by atoms with Gasteiger partial charge in [-0.2, -0.15) is 0 Å². The van der Waals surface area contributed by atoms with E-state index in [0.717, 1.165) is 6.42 Å². The minimum Gasteiger partial charge on any atom is -0.379 e. The fourth-order valence-corrected chi connectivity index (χ4v) is 1.44. The van der Waals surface area contributed by atoms with E-state index in [2.05, 4.69) is 41.8 Å². The van der Waals surface area contributed by atoms with E-state index in [1.165, 1.54) is 5.69 Å². The molecule has 1 aliphatic rings. The van der Waals surface area contributed by atoms with E-state index in [1.807, 2.05) is 18.2 Å². The Morgan fingerprint density at radius 1 is 1.08 bits per heavy atom. The van der Waals surface area contributed by atoms with Gasteiger partial charge < -0.3 is 5.32 Å². The van der Waals surface area contributed by atoms with E-state index in [0.29, 0.717) is 6.04 Å². The minimum atomic E-state index is 0.451. The highest BCUT2D eigenvalue weighted by Gasteiger charge is 2.03. The lowest BCUT2D eigenvalue weighted by molar-refractivity contribution is 0.883. The van der Waals surface area contributed by atoms with Gasteiger partial charge in [-0.25, -0.2) is 0 Å². The number of allylic oxidation sites excluding steroid dienone is 2. The Hall–Kier alpha value is -1.50. The lowest BCUT2D eigenvalue weighted by Gasteiger charge is -2.16. The third kappa shape index (κ3) is 2.22. The third-order valence-corrected chi connectivity index (χ3v) is 2.11. The Bertz CT molecular complexity index is 311. The zero-order valence-electron chi connectivity index (χ0n) is 7.48. The summed E-state index contributed by atoms with van der Waals surface area (Å²) in [5.74, 6) is 0. The van der Waals surface area contributed by atoms with Gasteiger partial charge in [0.05, 0.1) is 0 Å². The van der Waals surface area contributed by atoms with Gasteiger partial charge in [0.2, 0.25) is 0 Å². The highest BCUT2D eigenvalue weighted by Crippen LogP contribution is 2.12. The number of nitrogens with one attached hydrogen (secondary N) is 1. The van der Waals surface area contributed by atoms with Crippen molar-refractivity contribution in [3.05, 3.63) is 54.6 Å². The monoisotopic (exact) mass is 171 g/mol. The first-order valence-corrected chi connectivity index (χ1v) is 4.60. The molecular formula is C12H13N. The number of para-hydroxylation sites is 1. The van der Waals surface area contributed by atoms with Crippen molar-refractivity contribution in [2.24, 2.45) is 0 Å². The molecule has 2 rings (SSSR count). The average Bonchev–Trinajstić information content (AvgIpc) is 2.21. The minimum absolute atomic E-state index is 0.451. The van der Waals surface area contributed by atoms with Crippen molar-refractivity contribution in [2.75, 3.05) is 5.32 Å². The molecule has 1 unspecified atom stereocenters. The molecule has 1 nitrogen and oxygen atoms in total. The summed E-state index contributed by atoms with van der Waals surface area (Å²) in [6.07, 6.45) is 9.62. The van der Waals surface area contributed by atoms with Crippen LogP contribution >= 0.6 is 0 Å². The predicted molar refractivity (Wildman–Crippen MR) is 56.7 cm³/mol. The first-order chi connectivity index (χ1) is 6.45. The number of hydrogen-bond donors (Lipinski definition) is 1. The zero-order valence-corrected chi connectivity index (χ0v) is 7.48. The molecule has 0 saturated carbocycles. The second kappa shape index (κ2) is 3.94. The molecule has 0 bridgehead atoms. The maximum absolute atomic E-state index is 3.44. The number of benzene rings is 1. The molecule has 66 valence electrons. The van der Waals surface area contributed by atoms with Crippen LogP contribution in [0.15, 0.2) is 54.6 Å². The molecular weight excluding hydrogens is 158 g/mol. The van der Waals surface area contributed by atoms with Crippen LogP contribution in [0.5, 0.6) is 0 Å². The van der Waals surface area contributed by atoms with Gasteiger partial charge in [0.1, 0.15) is 0 Å². The highest BCUT2D eigenvalue weighted by atomic mass is 14.9. The molecule has 1 aromatic rings. The van der Waals surface area contributed by atoms with Gasteiger partial charge in [-0.1, -0.05) is 42.5 Å². The van der Waals surface area contributed by atoms with Gasteiger partial charge >= 0.3 is 0 Å². The maximum Gasteiger partial charge on any atom is 0.0482 e. The van der Waals surface area contributed by atoms with Crippen LogP contribution in [0, 0.1) is 0 Å². The first kappa shape index (κ1) is 8.11. The third-order valence-electron chi connectivity index (χ3n) is 2.11. The van der Waals surface area contributed by atoms with Gasteiger partial charge in [-0.15, -0.1) is 0 Å². The smallest absolute Gasteiger partial charge is 0.0482 e. The molecule has 0 spiro atoms.